The summed E-state index contributed by atoms with van der Waals surface area (Å²) in [4.78, 5) is 11.6. The molecule has 19 heavy (non-hydrogen) atoms. The van der Waals surface area contributed by atoms with Crippen molar-refractivity contribution in [2.24, 2.45) is 10.9 Å². The Morgan fingerprint density at radius 1 is 1.42 bits per heavy atom. The summed E-state index contributed by atoms with van der Waals surface area (Å²) in [6.07, 6.45) is 0. The molecule has 1 aromatic carbocycles. The van der Waals surface area contributed by atoms with E-state index in [0.29, 0.717) is 5.69 Å². The van der Waals surface area contributed by atoms with Crippen LogP contribution in [0.25, 0.3) is 0 Å². The number of methoxy groups -OCH3 is 1. The Hall–Kier alpha value is -1.68. The molecule has 1 aromatic rings. The minimum atomic E-state index is -3.85. The molecule has 1 unspecified atom stereocenters. The second-order valence-electron chi connectivity index (χ2n) is 3.78. The standard InChI is InChI=1S/C10H16N4O4S/c1-18-6-9(11)10(15)13-7-3-2-4-8(5-7)14-19(12,16)17/h2-5,9,14H,6,11H2,1H3,(H,13,15)(H2,12,16,17). The van der Waals surface area contributed by atoms with Crippen LogP contribution in [0.2, 0.25) is 0 Å². The summed E-state index contributed by atoms with van der Waals surface area (Å²) in [6.45, 7) is 0.0843. The fourth-order valence-electron chi connectivity index (χ4n) is 1.31. The van der Waals surface area contributed by atoms with E-state index >= 15 is 0 Å². The molecule has 0 bridgehead atoms. The summed E-state index contributed by atoms with van der Waals surface area (Å²) in [7, 11) is -2.42. The van der Waals surface area contributed by atoms with Gasteiger partial charge < -0.3 is 15.8 Å². The lowest BCUT2D eigenvalue weighted by molar-refractivity contribution is -0.118. The van der Waals surface area contributed by atoms with Gasteiger partial charge in [-0.2, -0.15) is 8.42 Å². The summed E-state index contributed by atoms with van der Waals surface area (Å²) in [5.41, 5.74) is 6.18. The van der Waals surface area contributed by atoms with E-state index in [9.17, 15) is 13.2 Å². The average molecular weight is 288 g/mol. The Kier molecular flexibility index (Phi) is 5.24. The van der Waals surface area contributed by atoms with Crippen LogP contribution in [0, 0.1) is 0 Å². The number of rotatable bonds is 6. The molecule has 106 valence electrons. The number of hydrogen-bond acceptors (Lipinski definition) is 5. The zero-order valence-corrected chi connectivity index (χ0v) is 11.1. The molecular weight excluding hydrogens is 272 g/mol. The quantitative estimate of drug-likeness (QED) is 0.544. The molecule has 9 heteroatoms. The molecule has 0 aliphatic rings. The van der Waals surface area contributed by atoms with E-state index in [1.54, 1.807) is 12.1 Å². The number of hydrogen-bond donors (Lipinski definition) is 4. The van der Waals surface area contributed by atoms with Gasteiger partial charge in [0.25, 0.3) is 10.2 Å². The van der Waals surface area contributed by atoms with Gasteiger partial charge in [0, 0.05) is 12.8 Å². The molecule has 0 aliphatic heterocycles. The van der Waals surface area contributed by atoms with Crippen LogP contribution in [-0.4, -0.2) is 34.1 Å². The predicted molar refractivity (Wildman–Crippen MR) is 71.7 cm³/mol. The van der Waals surface area contributed by atoms with Crippen molar-refractivity contribution in [3.63, 3.8) is 0 Å². The van der Waals surface area contributed by atoms with Gasteiger partial charge in [0.05, 0.1) is 12.3 Å². The molecule has 6 N–H and O–H groups in total. The van der Waals surface area contributed by atoms with Crippen LogP contribution in [0.4, 0.5) is 11.4 Å². The van der Waals surface area contributed by atoms with Crippen LogP contribution in [0.15, 0.2) is 24.3 Å². The van der Waals surface area contributed by atoms with Crippen LogP contribution in [0.3, 0.4) is 0 Å². The lowest BCUT2D eigenvalue weighted by Crippen LogP contribution is -2.39. The van der Waals surface area contributed by atoms with Gasteiger partial charge in [0.15, 0.2) is 0 Å². The van der Waals surface area contributed by atoms with E-state index in [1.807, 2.05) is 0 Å². The number of nitrogens with one attached hydrogen (secondary N) is 2. The van der Waals surface area contributed by atoms with Crippen LogP contribution >= 0.6 is 0 Å². The van der Waals surface area contributed by atoms with Crippen molar-refractivity contribution in [2.75, 3.05) is 23.8 Å². The van der Waals surface area contributed by atoms with Crippen molar-refractivity contribution in [1.82, 2.24) is 0 Å². The molecule has 0 saturated heterocycles. The van der Waals surface area contributed by atoms with Crippen LogP contribution < -0.4 is 20.9 Å². The van der Waals surface area contributed by atoms with Crippen molar-refractivity contribution in [2.45, 2.75) is 6.04 Å². The smallest absolute Gasteiger partial charge is 0.296 e. The van der Waals surface area contributed by atoms with Crippen LogP contribution in [0.1, 0.15) is 0 Å². The summed E-state index contributed by atoms with van der Waals surface area (Å²) < 4.78 is 28.6. The predicted octanol–water partition coefficient (Wildman–Crippen LogP) is -0.786. The van der Waals surface area contributed by atoms with E-state index in [0.717, 1.165) is 0 Å². The maximum absolute atomic E-state index is 11.6. The maximum atomic E-state index is 11.6. The number of amides is 1. The molecule has 0 radical (unpaired) electrons. The van der Waals surface area contributed by atoms with Gasteiger partial charge in [0.1, 0.15) is 6.04 Å². The summed E-state index contributed by atoms with van der Waals surface area (Å²) in [5.74, 6) is -0.436. The highest BCUT2D eigenvalue weighted by molar-refractivity contribution is 7.90. The Bertz CT molecular complexity index is 546. The van der Waals surface area contributed by atoms with Gasteiger partial charge in [-0.3, -0.25) is 9.52 Å². The van der Waals surface area contributed by atoms with Crippen molar-refractivity contribution >= 4 is 27.5 Å². The zero-order chi connectivity index (χ0) is 14.5. The highest BCUT2D eigenvalue weighted by Gasteiger charge is 2.13. The topological polar surface area (TPSA) is 137 Å². The monoisotopic (exact) mass is 288 g/mol. The van der Waals surface area contributed by atoms with E-state index in [-0.39, 0.29) is 12.3 Å². The molecule has 0 aromatic heterocycles. The number of anilines is 2. The van der Waals surface area contributed by atoms with Crippen molar-refractivity contribution in [3.8, 4) is 0 Å². The largest absolute Gasteiger partial charge is 0.383 e. The van der Waals surface area contributed by atoms with E-state index in [1.165, 1.54) is 19.2 Å². The minimum absolute atomic E-state index is 0.0843. The Morgan fingerprint density at radius 3 is 2.63 bits per heavy atom. The Balaban J connectivity index is 2.75. The number of ether oxygens (including phenoxy) is 1. The zero-order valence-electron chi connectivity index (χ0n) is 10.3. The maximum Gasteiger partial charge on any atom is 0.296 e. The SMILES string of the molecule is COCC(N)C(=O)Nc1cccc(NS(N)(=O)=O)c1. The van der Waals surface area contributed by atoms with Crippen molar-refractivity contribution in [3.05, 3.63) is 24.3 Å². The summed E-state index contributed by atoms with van der Waals surface area (Å²) in [5, 5.41) is 7.38. The van der Waals surface area contributed by atoms with Crippen molar-refractivity contribution < 1.29 is 17.9 Å². The normalized spacial score (nSPS) is 12.8. The number of nitrogens with two attached hydrogens (primary N) is 2. The second kappa shape index (κ2) is 6.48. The highest BCUT2D eigenvalue weighted by Crippen LogP contribution is 2.15. The van der Waals surface area contributed by atoms with Gasteiger partial charge in [-0.25, -0.2) is 5.14 Å². The van der Waals surface area contributed by atoms with Crippen molar-refractivity contribution in [1.29, 1.82) is 0 Å². The number of benzene rings is 1. The molecule has 0 spiro atoms. The molecular formula is C10H16N4O4S. The fourth-order valence-corrected chi connectivity index (χ4v) is 1.77. The minimum Gasteiger partial charge on any atom is -0.383 e. The first-order valence-corrected chi connectivity index (χ1v) is 6.82. The van der Waals surface area contributed by atoms with E-state index in [2.05, 4.69) is 10.0 Å². The third-order valence-electron chi connectivity index (χ3n) is 2.07. The molecule has 8 nitrogen and oxygen atoms in total. The van der Waals surface area contributed by atoms with Crippen LogP contribution in [-0.2, 0) is 19.7 Å². The average Bonchev–Trinajstić information content (AvgIpc) is 2.27. The second-order valence-corrected chi connectivity index (χ2v) is 5.07. The van der Waals surface area contributed by atoms with Gasteiger partial charge in [-0.15, -0.1) is 0 Å². The molecule has 0 fully saturated rings. The van der Waals surface area contributed by atoms with Crippen LogP contribution in [0.5, 0.6) is 0 Å². The third kappa shape index (κ3) is 5.66. The molecule has 1 amide bonds. The first-order chi connectivity index (χ1) is 8.81. The first kappa shape index (κ1) is 15.4. The van der Waals surface area contributed by atoms with Gasteiger partial charge in [-0.1, -0.05) is 6.07 Å². The van der Waals surface area contributed by atoms with Gasteiger partial charge in [-0.05, 0) is 18.2 Å². The molecule has 0 aliphatic carbocycles. The lowest BCUT2D eigenvalue weighted by atomic mass is 10.2. The highest BCUT2D eigenvalue weighted by atomic mass is 32.2. The molecule has 1 atom stereocenters. The van der Waals surface area contributed by atoms with Gasteiger partial charge >= 0.3 is 0 Å². The third-order valence-corrected chi connectivity index (χ3v) is 2.59. The summed E-state index contributed by atoms with van der Waals surface area (Å²) in [6, 6.07) is 5.26. The number of carbonyl (C=O) groups is 1. The Labute approximate surface area is 111 Å². The van der Waals surface area contributed by atoms with Gasteiger partial charge in [0.2, 0.25) is 5.91 Å². The number of carbonyl (C=O) groups excluding carboxylic acids is 1. The molecule has 0 heterocycles. The fraction of sp³-hybridized carbons (Fsp3) is 0.300. The summed E-state index contributed by atoms with van der Waals surface area (Å²) >= 11 is 0. The molecule has 0 saturated carbocycles. The van der Waals surface area contributed by atoms with E-state index < -0.39 is 22.2 Å². The first-order valence-electron chi connectivity index (χ1n) is 5.28. The van der Waals surface area contributed by atoms with E-state index in [4.69, 9.17) is 15.6 Å². The molecule has 1 rings (SSSR count). The Morgan fingerprint density at radius 2 is 2.05 bits per heavy atom. The lowest BCUT2D eigenvalue weighted by Gasteiger charge is -2.12.